The second-order valence-electron chi connectivity index (χ2n) is 6.50. The Morgan fingerprint density at radius 1 is 1.32 bits per heavy atom. The molecule has 1 saturated carbocycles. The molecule has 3 atom stereocenters. The lowest BCUT2D eigenvalue weighted by atomic mass is 10.0. The molecule has 3 rings (SSSR count). The molecule has 0 saturated heterocycles. The van der Waals surface area contributed by atoms with E-state index in [0.717, 1.165) is 6.42 Å². The summed E-state index contributed by atoms with van der Waals surface area (Å²) >= 11 is 0. The van der Waals surface area contributed by atoms with Crippen molar-refractivity contribution in [1.82, 2.24) is 15.3 Å². The molecule has 1 aliphatic carbocycles. The first-order valence-corrected chi connectivity index (χ1v) is 8.36. The van der Waals surface area contributed by atoms with E-state index in [1.165, 1.54) is 13.1 Å². The van der Waals surface area contributed by atoms with Gasteiger partial charge in [-0.1, -0.05) is 13.0 Å². The molecule has 6 heteroatoms. The summed E-state index contributed by atoms with van der Waals surface area (Å²) in [4.78, 5) is 32.9. The summed E-state index contributed by atoms with van der Waals surface area (Å²) in [5.74, 6) is 0.552. The van der Waals surface area contributed by atoms with Crippen LogP contribution >= 0.6 is 0 Å². The van der Waals surface area contributed by atoms with Crippen molar-refractivity contribution in [2.45, 2.75) is 25.9 Å². The molecule has 1 fully saturated rings. The van der Waals surface area contributed by atoms with E-state index in [9.17, 15) is 14.7 Å². The summed E-state index contributed by atoms with van der Waals surface area (Å²) in [6.07, 6.45) is 1.99. The van der Waals surface area contributed by atoms with Gasteiger partial charge in [-0.05, 0) is 42.5 Å². The number of ketones is 1. The number of hydrogen-bond donors (Lipinski definition) is 2. The van der Waals surface area contributed by atoms with Gasteiger partial charge in [0.05, 0.1) is 11.4 Å². The van der Waals surface area contributed by atoms with Gasteiger partial charge in [0.2, 0.25) is 0 Å². The standard InChI is InChI=1S/C19H21N3O3/c1-11-7-12(11)10-17(23)13-8-15(22-16(9-13)19(25)20-2)18(24)14-5-3-4-6-21-14/h3-6,8-9,11-12,18,24H,7,10H2,1-2H3,(H,20,25)/t11-,12+,18?/m0/s1. The van der Waals surface area contributed by atoms with Crippen molar-refractivity contribution < 1.29 is 14.7 Å². The number of pyridine rings is 2. The summed E-state index contributed by atoms with van der Waals surface area (Å²) in [5, 5.41) is 13.0. The van der Waals surface area contributed by atoms with Crippen molar-refractivity contribution in [1.29, 1.82) is 0 Å². The third-order valence-corrected chi connectivity index (χ3v) is 4.60. The van der Waals surface area contributed by atoms with E-state index >= 15 is 0 Å². The molecule has 130 valence electrons. The Labute approximate surface area is 146 Å². The minimum Gasteiger partial charge on any atom is -0.380 e. The van der Waals surface area contributed by atoms with Gasteiger partial charge in [-0.3, -0.25) is 14.6 Å². The van der Waals surface area contributed by atoms with Crippen molar-refractivity contribution in [2.75, 3.05) is 7.05 Å². The molecule has 2 aromatic rings. The minimum atomic E-state index is -1.10. The molecule has 0 radical (unpaired) electrons. The number of amides is 1. The summed E-state index contributed by atoms with van der Waals surface area (Å²) in [6, 6.07) is 8.22. The number of aliphatic hydroxyl groups is 1. The van der Waals surface area contributed by atoms with Crippen LogP contribution in [-0.2, 0) is 0 Å². The van der Waals surface area contributed by atoms with Gasteiger partial charge < -0.3 is 10.4 Å². The summed E-state index contributed by atoms with van der Waals surface area (Å²) < 4.78 is 0. The topological polar surface area (TPSA) is 92.2 Å². The lowest BCUT2D eigenvalue weighted by Crippen LogP contribution is -2.21. The van der Waals surface area contributed by atoms with Crippen molar-refractivity contribution in [3.63, 3.8) is 0 Å². The van der Waals surface area contributed by atoms with E-state index in [0.29, 0.717) is 29.5 Å². The normalized spacial score (nSPS) is 20.0. The highest BCUT2D eigenvalue weighted by Gasteiger charge is 2.34. The number of rotatable bonds is 6. The molecule has 0 aliphatic heterocycles. The molecule has 1 aliphatic rings. The van der Waals surface area contributed by atoms with E-state index < -0.39 is 12.0 Å². The first-order valence-electron chi connectivity index (χ1n) is 8.36. The van der Waals surface area contributed by atoms with Crippen LogP contribution in [0, 0.1) is 11.8 Å². The zero-order valence-corrected chi connectivity index (χ0v) is 14.3. The SMILES string of the molecule is CNC(=O)c1cc(C(=O)C[C@H]2C[C@@H]2C)cc(C(O)c2ccccn2)n1. The van der Waals surface area contributed by atoms with E-state index in [1.807, 2.05) is 0 Å². The number of aliphatic hydroxyl groups excluding tert-OH is 1. The molecular weight excluding hydrogens is 318 g/mol. The molecule has 6 nitrogen and oxygen atoms in total. The maximum Gasteiger partial charge on any atom is 0.269 e. The molecule has 2 aromatic heterocycles. The Balaban J connectivity index is 1.95. The molecule has 1 unspecified atom stereocenters. The Morgan fingerprint density at radius 2 is 2.08 bits per heavy atom. The Hall–Kier alpha value is -2.60. The van der Waals surface area contributed by atoms with Crippen LogP contribution in [0.15, 0.2) is 36.5 Å². The second kappa shape index (κ2) is 7.11. The maximum absolute atomic E-state index is 12.6. The summed E-state index contributed by atoms with van der Waals surface area (Å²) in [6.45, 7) is 2.12. The van der Waals surface area contributed by atoms with Crippen LogP contribution in [0.3, 0.4) is 0 Å². The molecule has 0 bridgehead atoms. The van der Waals surface area contributed by atoms with E-state index in [4.69, 9.17) is 0 Å². The van der Waals surface area contributed by atoms with E-state index in [1.54, 1.807) is 30.5 Å². The smallest absolute Gasteiger partial charge is 0.269 e. The molecule has 2 N–H and O–H groups in total. The zero-order valence-electron chi connectivity index (χ0n) is 14.3. The molecule has 2 heterocycles. The molecule has 0 aromatic carbocycles. The Kier molecular flexibility index (Phi) is 4.90. The number of nitrogens with one attached hydrogen (secondary N) is 1. The molecule has 1 amide bonds. The third kappa shape index (κ3) is 3.91. The average Bonchev–Trinajstić information content (AvgIpc) is 3.35. The zero-order chi connectivity index (χ0) is 18.0. The van der Waals surface area contributed by atoms with Gasteiger partial charge in [0.25, 0.3) is 5.91 Å². The minimum absolute atomic E-state index is 0.0311. The first-order chi connectivity index (χ1) is 12.0. The van der Waals surface area contributed by atoms with Crippen LogP contribution in [-0.4, -0.2) is 33.8 Å². The Morgan fingerprint density at radius 3 is 2.68 bits per heavy atom. The van der Waals surface area contributed by atoms with Gasteiger partial charge in [0, 0.05) is 25.2 Å². The monoisotopic (exact) mass is 339 g/mol. The number of carbonyl (C=O) groups is 2. The fraction of sp³-hybridized carbons (Fsp3) is 0.368. The van der Waals surface area contributed by atoms with Crippen LogP contribution in [0.2, 0.25) is 0 Å². The summed E-state index contributed by atoms with van der Waals surface area (Å²) in [5.41, 5.74) is 1.17. The number of Topliss-reactive ketones (excluding diaryl/α,β-unsaturated/α-hetero) is 1. The van der Waals surface area contributed by atoms with Crippen LogP contribution in [0.25, 0.3) is 0 Å². The third-order valence-electron chi connectivity index (χ3n) is 4.60. The predicted octanol–water partition coefficient (Wildman–Crippen LogP) is 2.15. The van der Waals surface area contributed by atoms with Crippen molar-refractivity contribution in [3.8, 4) is 0 Å². The van der Waals surface area contributed by atoms with Gasteiger partial charge >= 0.3 is 0 Å². The van der Waals surface area contributed by atoms with Gasteiger partial charge in [-0.2, -0.15) is 0 Å². The van der Waals surface area contributed by atoms with E-state index in [-0.39, 0.29) is 17.2 Å². The quantitative estimate of drug-likeness (QED) is 0.787. The fourth-order valence-electron chi connectivity index (χ4n) is 2.83. The first kappa shape index (κ1) is 17.2. The highest BCUT2D eigenvalue weighted by Crippen LogP contribution is 2.41. The predicted molar refractivity (Wildman–Crippen MR) is 92.1 cm³/mol. The van der Waals surface area contributed by atoms with Gasteiger partial charge in [-0.15, -0.1) is 0 Å². The van der Waals surface area contributed by atoms with E-state index in [2.05, 4.69) is 22.2 Å². The highest BCUT2D eigenvalue weighted by molar-refractivity contribution is 6.00. The molecular formula is C19H21N3O3. The van der Waals surface area contributed by atoms with Gasteiger partial charge in [-0.25, -0.2) is 4.98 Å². The number of nitrogens with zero attached hydrogens (tertiary/aromatic N) is 2. The van der Waals surface area contributed by atoms with Crippen LogP contribution in [0.1, 0.15) is 58.1 Å². The van der Waals surface area contributed by atoms with Crippen molar-refractivity contribution >= 4 is 11.7 Å². The lowest BCUT2D eigenvalue weighted by molar-refractivity contribution is 0.0957. The molecule has 25 heavy (non-hydrogen) atoms. The number of hydrogen-bond acceptors (Lipinski definition) is 5. The van der Waals surface area contributed by atoms with Gasteiger partial charge in [0.15, 0.2) is 5.78 Å². The number of aromatic nitrogens is 2. The van der Waals surface area contributed by atoms with Crippen LogP contribution < -0.4 is 5.32 Å². The largest absolute Gasteiger partial charge is 0.380 e. The molecule has 0 spiro atoms. The highest BCUT2D eigenvalue weighted by atomic mass is 16.3. The van der Waals surface area contributed by atoms with Crippen LogP contribution in [0.5, 0.6) is 0 Å². The average molecular weight is 339 g/mol. The number of carbonyl (C=O) groups excluding carboxylic acids is 2. The van der Waals surface area contributed by atoms with Crippen molar-refractivity contribution in [3.05, 3.63) is 59.2 Å². The van der Waals surface area contributed by atoms with Crippen LogP contribution in [0.4, 0.5) is 0 Å². The van der Waals surface area contributed by atoms with Gasteiger partial charge in [0.1, 0.15) is 11.8 Å². The fourth-order valence-corrected chi connectivity index (χ4v) is 2.83. The Bertz CT molecular complexity index is 792. The van der Waals surface area contributed by atoms with Crippen molar-refractivity contribution in [2.24, 2.45) is 11.8 Å². The second-order valence-corrected chi connectivity index (χ2v) is 6.50. The lowest BCUT2D eigenvalue weighted by Gasteiger charge is -2.13. The maximum atomic E-state index is 12.6. The summed E-state index contributed by atoms with van der Waals surface area (Å²) in [7, 11) is 1.50.